The van der Waals surface area contributed by atoms with Gasteiger partial charge in [0.05, 0.1) is 6.61 Å². The van der Waals surface area contributed by atoms with Crippen LogP contribution in [0.25, 0.3) is 0 Å². The third-order valence-electron chi connectivity index (χ3n) is 3.88. The predicted octanol–water partition coefficient (Wildman–Crippen LogP) is 2.70. The van der Waals surface area contributed by atoms with Crippen molar-refractivity contribution in [2.75, 3.05) is 32.8 Å². The first kappa shape index (κ1) is 15.5. The van der Waals surface area contributed by atoms with E-state index < -0.39 is 0 Å². The normalized spacial score (nSPS) is 16.7. The van der Waals surface area contributed by atoms with Gasteiger partial charge in [0.25, 0.3) is 0 Å². The number of nitrogens with zero attached hydrogens (tertiary/aromatic N) is 1. The Morgan fingerprint density at radius 1 is 1.30 bits per heavy atom. The summed E-state index contributed by atoms with van der Waals surface area (Å²) in [6.45, 7) is 10.9. The largest absolute Gasteiger partial charge is 0.464 e. The molecule has 0 unspecified atom stereocenters. The van der Waals surface area contributed by atoms with Crippen LogP contribution in [-0.4, -0.2) is 37.7 Å². The maximum Gasteiger partial charge on any atom is 0.130 e. The molecule has 4 nitrogen and oxygen atoms in total. The van der Waals surface area contributed by atoms with E-state index in [0.29, 0.717) is 6.61 Å². The number of likely N-dealkylation sites (tertiary alicyclic amines) is 1. The summed E-state index contributed by atoms with van der Waals surface area (Å²) in [7, 11) is 0. The van der Waals surface area contributed by atoms with Crippen molar-refractivity contribution in [2.24, 2.45) is 0 Å². The van der Waals surface area contributed by atoms with Crippen LogP contribution in [0.3, 0.4) is 0 Å². The number of hydrogen-bond donors (Lipinski definition) is 1. The molecule has 1 aromatic rings. The minimum Gasteiger partial charge on any atom is -0.464 e. The molecular weight excluding hydrogens is 252 g/mol. The molecule has 1 N–H and O–H groups in total. The molecule has 114 valence electrons. The Hall–Kier alpha value is -0.840. The van der Waals surface area contributed by atoms with E-state index in [9.17, 15) is 0 Å². The Morgan fingerprint density at radius 2 is 2.10 bits per heavy atom. The average Bonchev–Trinajstić information content (AvgIpc) is 2.83. The standard InChI is InChI=1S/C16H28N2O2/c1-3-17-12-15-11-16(20-14(15)2)13-19-10-9-18-7-5-4-6-8-18/h11,17H,3-10,12-13H2,1-2H3. The molecule has 1 aliphatic rings. The van der Waals surface area contributed by atoms with Gasteiger partial charge in [0.2, 0.25) is 0 Å². The summed E-state index contributed by atoms with van der Waals surface area (Å²) >= 11 is 0. The second-order valence-electron chi connectivity index (χ2n) is 5.53. The maximum absolute atomic E-state index is 5.74. The van der Waals surface area contributed by atoms with Gasteiger partial charge >= 0.3 is 0 Å². The fraction of sp³-hybridized carbons (Fsp3) is 0.750. The van der Waals surface area contributed by atoms with Crippen LogP contribution in [0.1, 0.15) is 43.3 Å². The fourth-order valence-corrected chi connectivity index (χ4v) is 2.64. The molecule has 0 amide bonds. The van der Waals surface area contributed by atoms with Gasteiger partial charge in [0.1, 0.15) is 18.1 Å². The summed E-state index contributed by atoms with van der Waals surface area (Å²) in [6, 6.07) is 2.11. The number of rotatable bonds is 8. The first-order valence-electron chi connectivity index (χ1n) is 7.88. The minimum absolute atomic E-state index is 0.584. The van der Waals surface area contributed by atoms with Crippen molar-refractivity contribution in [3.05, 3.63) is 23.2 Å². The quantitative estimate of drug-likeness (QED) is 0.743. The van der Waals surface area contributed by atoms with Crippen LogP contribution < -0.4 is 5.32 Å². The van der Waals surface area contributed by atoms with E-state index in [1.54, 1.807) is 0 Å². The van der Waals surface area contributed by atoms with E-state index in [0.717, 1.165) is 37.8 Å². The lowest BCUT2D eigenvalue weighted by Crippen LogP contribution is -2.32. The summed E-state index contributed by atoms with van der Waals surface area (Å²) < 4.78 is 11.5. The Morgan fingerprint density at radius 3 is 2.85 bits per heavy atom. The lowest BCUT2D eigenvalue weighted by atomic mass is 10.1. The molecule has 0 aromatic carbocycles. The van der Waals surface area contributed by atoms with E-state index in [2.05, 4.69) is 23.2 Å². The molecule has 0 aliphatic carbocycles. The summed E-state index contributed by atoms with van der Waals surface area (Å²) in [5, 5.41) is 3.32. The third-order valence-corrected chi connectivity index (χ3v) is 3.88. The number of hydrogen-bond acceptors (Lipinski definition) is 4. The topological polar surface area (TPSA) is 37.6 Å². The Balaban J connectivity index is 1.65. The maximum atomic E-state index is 5.74. The van der Waals surface area contributed by atoms with Gasteiger partial charge in [-0.25, -0.2) is 0 Å². The molecule has 0 saturated carbocycles. The zero-order chi connectivity index (χ0) is 14.2. The van der Waals surface area contributed by atoms with Crippen LogP contribution in [0.5, 0.6) is 0 Å². The molecule has 0 bridgehead atoms. The van der Waals surface area contributed by atoms with Gasteiger partial charge in [0, 0.05) is 18.7 Å². The summed E-state index contributed by atoms with van der Waals surface area (Å²) in [4.78, 5) is 2.49. The lowest BCUT2D eigenvalue weighted by Gasteiger charge is -2.25. The average molecular weight is 280 g/mol. The second-order valence-corrected chi connectivity index (χ2v) is 5.53. The van der Waals surface area contributed by atoms with Crippen molar-refractivity contribution in [2.45, 2.75) is 46.3 Å². The molecule has 0 radical (unpaired) electrons. The first-order chi connectivity index (χ1) is 9.79. The van der Waals surface area contributed by atoms with Gasteiger partial charge in [-0.05, 0) is 45.5 Å². The van der Waals surface area contributed by atoms with E-state index >= 15 is 0 Å². The monoisotopic (exact) mass is 280 g/mol. The van der Waals surface area contributed by atoms with Crippen molar-refractivity contribution >= 4 is 0 Å². The Kier molecular flexibility index (Phi) is 6.57. The van der Waals surface area contributed by atoms with Crippen LogP contribution in [0.15, 0.2) is 10.5 Å². The minimum atomic E-state index is 0.584. The number of ether oxygens (including phenoxy) is 1. The highest BCUT2D eigenvalue weighted by Crippen LogP contribution is 2.15. The molecule has 1 fully saturated rings. The summed E-state index contributed by atoms with van der Waals surface area (Å²) in [6.07, 6.45) is 4.06. The highest BCUT2D eigenvalue weighted by Gasteiger charge is 2.10. The fourth-order valence-electron chi connectivity index (χ4n) is 2.64. The number of furan rings is 1. The Bertz CT molecular complexity index is 384. The van der Waals surface area contributed by atoms with Crippen molar-refractivity contribution in [3.8, 4) is 0 Å². The first-order valence-corrected chi connectivity index (χ1v) is 7.88. The summed E-state index contributed by atoms with van der Waals surface area (Å²) in [5.74, 6) is 1.94. The van der Waals surface area contributed by atoms with Gasteiger partial charge in [-0.1, -0.05) is 13.3 Å². The van der Waals surface area contributed by atoms with Gasteiger partial charge in [-0.3, -0.25) is 0 Å². The zero-order valence-electron chi connectivity index (χ0n) is 12.9. The number of aryl methyl sites for hydroxylation is 1. The highest BCUT2D eigenvalue weighted by molar-refractivity contribution is 5.20. The van der Waals surface area contributed by atoms with E-state index in [-0.39, 0.29) is 0 Å². The summed E-state index contributed by atoms with van der Waals surface area (Å²) in [5.41, 5.74) is 1.24. The molecule has 1 aliphatic heterocycles. The van der Waals surface area contributed by atoms with Crippen LogP contribution in [0.2, 0.25) is 0 Å². The number of piperidine rings is 1. The molecule has 2 rings (SSSR count). The van der Waals surface area contributed by atoms with Crippen molar-refractivity contribution in [1.29, 1.82) is 0 Å². The molecular formula is C16H28N2O2. The van der Waals surface area contributed by atoms with E-state index in [1.807, 2.05) is 6.92 Å². The molecule has 0 atom stereocenters. The SMILES string of the molecule is CCNCc1cc(COCCN2CCCCC2)oc1C. The smallest absolute Gasteiger partial charge is 0.130 e. The van der Waals surface area contributed by atoms with Gasteiger partial charge < -0.3 is 19.4 Å². The molecule has 1 saturated heterocycles. The van der Waals surface area contributed by atoms with Crippen LogP contribution in [0.4, 0.5) is 0 Å². The van der Waals surface area contributed by atoms with E-state index in [4.69, 9.17) is 9.15 Å². The van der Waals surface area contributed by atoms with E-state index in [1.165, 1.54) is 37.9 Å². The highest BCUT2D eigenvalue weighted by atomic mass is 16.5. The molecule has 1 aromatic heterocycles. The predicted molar refractivity (Wildman–Crippen MR) is 80.8 cm³/mol. The van der Waals surface area contributed by atoms with Gasteiger partial charge in [-0.2, -0.15) is 0 Å². The van der Waals surface area contributed by atoms with Gasteiger partial charge in [0.15, 0.2) is 0 Å². The molecule has 20 heavy (non-hydrogen) atoms. The van der Waals surface area contributed by atoms with Crippen LogP contribution >= 0.6 is 0 Å². The third kappa shape index (κ3) is 4.93. The lowest BCUT2D eigenvalue weighted by molar-refractivity contribution is 0.0761. The number of nitrogens with one attached hydrogen (secondary N) is 1. The van der Waals surface area contributed by atoms with Crippen molar-refractivity contribution < 1.29 is 9.15 Å². The molecule has 2 heterocycles. The van der Waals surface area contributed by atoms with Gasteiger partial charge in [-0.15, -0.1) is 0 Å². The Labute approximate surface area is 122 Å². The van der Waals surface area contributed by atoms with Crippen LogP contribution in [-0.2, 0) is 17.9 Å². The zero-order valence-corrected chi connectivity index (χ0v) is 12.9. The van der Waals surface area contributed by atoms with Crippen molar-refractivity contribution in [3.63, 3.8) is 0 Å². The molecule has 0 spiro atoms. The van der Waals surface area contributed by atoms with Crippen LogP contribution in [0, 0.1) is 6.92 Å². The molecule has 4 heteroatoms. The van der Waals surface area contributed by atoms with Crippen molar-refractivity contribution in [1.82, 2.24) is 10.2 Å². The second kappa shape index (κ2) is 8.45.